The average molecular weight is 425 g/mol. The third-order valence-electron chi connectivity index (χ3n) is 5.81. The van der Waals surface area contributed by atoms with Crippen LogP contribution in [0.15, 0.2) is 66.7 Å². The van der Waals surface area contributed by atoms with Gasteiger partial charge in [-0.25, -0.2) is 9.48 Å². The van der Waals surface area contributed by atoms with Gasteiger partial charge in [0.15, 0.2) is 5.78 Å². The number of anilines is 1. The van der Waals surface area contributed by atoms with Gasteiger partial charge >= 0.3 is 5.97 Å². The second kappa shape index (κ2) is 7.46. The Hall–Kier alpha value is -4.26. The van der Waals surface area contributed by atoms with Crippen LogP contribution in [0.5, 0.6) is 0 Å². The zero-order chi connectivity index (χ0) is 22.4. The number of nitrogens with zero attached hydrogens (tertiary/aromatic N) is 2. The van der Waals surface area contributed by atoms with E-state index in [-0.39, 0.29) is 23.7 Å². The first-order valence-corrected chi connectivity index (χ1v) is 10.2. The van der Waals surface area contributed by atoms with Crippen LogP contribution in [0.4, 0.5) is 5.82 Å². The molecular formula is C25H19N3O4. The fourth-order valence-corrected chi connectivity index (χ4v) is 4.25. The minimum absolute atomic E-state index is 0.0448. The summed E-state index contributed by atoms with van der Waals surface area (Å²) in [5.41, 5.74) is 2.62. The molecule has 158 valence electrons. The minimum Gasteiger partial charge on any atom is -0.478 e. The third kappa shape index (κ3) is 3.24. The summed E-state index contributed by atoms with van der Waals surface area (Å²) in [5, 5.41) is 18.5. The number of nitrogens with one attached hydrogen (secondary N) is 1. The highest BCUT2D eigenvalue weighted by Gasteiger charge is 2.36. The number of ketones is 1. The molecular weight excluding hydrogens is 406 g/mol. The fourth-order valence-electron chi connectivity index (χ4n) is 4.25. The molecule has 7 heteroatoms. The van der Waals surface area contributed by atoms with Gasteiger partial charge in [-0.2, -0.15) is 5.10 Å². The van der Waals surface area contributed by atoms with E-state index in [1.807, 2.05) is 36.4 Å². The number of Topliss-reactive ketones (excluding diaryl/α,β-unsaturated/α-hetero) is 1. The number of carbonyl (C=O) groups is 3. The molecule has 5 rings (SSSR count). The number of aromatic carboxylic acids is 1. The Morgan fingerprint density at radius 1 is 1.00 bits per heavy atom. The summed E-state index contributed by atoms with van der Waals surface area (Å²) in [7, 11) is 0. The number of carboxylic acid groups (broad SMARTS) is 1. The summed E-state index contributed by atoms with van der Waals surface area (Å²) in [6.07, 6.45) is 0.0448. The molecule has 0 aliphatic carbocycles. The topological polar surface area (TPSA) is 101 Å². The van der Waals surface area contributed by atoms with Crippen molar-refractivity contribution in [3.8, 4) is 5.69 Å². The quantitative estimate of drug-likeness (QED) is 0.474. The van der Waals surface area contributed by atoms with E-state index in [0.29, 0.717) is 28.3 Å². The molecule has 0 spiro atoms. The molecule has 1 aromatic heterocycles. The predicted octanol–water partition coefficient (Wildman–Crippen LogP) is 4.34. The molecule has 1 aliphatic heterocycles. The van der Waals surface area contributed by atoms with Crippen molar-refractivity contribution in [2.45, 2.75) is 19.3 Å². The standard InChI is InChI=1S/C25H19N3O4/c1-14-22-20(23(30)18-7-6-15-4-2-3-5-17(15)12-18)13-21(29)26-24(22)28(27-14)19-10-8-16(9-11-19)25(31)32/h2-12,20H,13H2,1H3,(H,26,29)(H,31,32). The smallest absolute Gasteiger partial charge is 0.335 e. The Labute approximate surface area is 183 Å². The van der Waals surface area contributed by atoms with Gasteiger partial charge in [-0.3, -0.25) is 9.59 Å². The first-order chi connectivity index (χ1) is 15.4. The number of carboxylic acids is 1. The largest absolute Gasteiger partial charge is 0.478 e. The Kier molecular flexibility index (Phi) is 4.59. The molecule has 1 amide bonds. The van der Waals surface area contributed by atoms with Gasteiger partial charge in [0.25, 0.3) is 0 Å². The van der Waals surface area contributed by atoms with Crippen molar-refractivity contribution < 1.29 is 19.5 Å². The van der Waals surface area contributed by atoms with Crippen molar-refractivity contribution in [1.29, 1.82) is 0 Å². The number of fused-ring (bicyclic) bond motifs is 2. The fraction of sp³-hybridized carbons (Fsp3) is 0.120. The molecule has 0 radical (unpaired) electrons. The molecule has 32 heavy (non-hydrogen) atoms. The van der Waals surface area contributed by atoms with Crippen LogP contribution in [-0.4, -0.2) is 32.5 Å². The van der Waals surface area contributed by atoms with Crippen LogP contribution in [-0.2, 0) is 4.79 Å². The summed E-state index contributed by atoms with van der Waals surface area (Å²) in [4.78, 5) is 37.2. The van der Waals surface area contributed by atoms with E-state index in [2.05, 4.69) is 10.4 Å². The number of rotatable bonds is 4. The summed E-state index contributed by atoms with van der Waals surface area (Å²) < 4.78 is 1.55. The number of aromatic nitrogens is 2. The van der Waals surface area contributed by atoms with Crippen LogP contribution in [0.25, 0.3) is 16.5 Å². The zero-order valence-corrected chi connectivity index (χ0v) is 17.2. The number of carbonyl (C=O) groups excluding carboxylic acids is 2. The van der Waals surface area contributed by atoms with Crippen molar-refractivity contribution in [3.63, 3.8) is 0 Å². The van der Waals surface area contributed by atoms with Gasteiger partial charge in [-0.15, -0.1) is 0 Å². The Morgan fingerprint density at radius 2 is 1.69 bits per heavy atom. The van der Waals surface area contributed by atoms with Gasteiger partial charge in [0.1, 0.15) is 5.82 Å². The van der Waals surface area contributed by atoms with Gasteiger partial charge < -0.3 is 10.4 Å². The van der Waals surface area contributed by atoms with Crippen molar-refractivity contribution >= 4 is 34.3 Å². The molecule has 2 N–H and O–H groups in total. The van der Waals surface area contributed by atoms with Gasteiger partial charge in [0.2, 0.25) is 5.91 Å². The molecule has 0 saturated carbocycles. The molecule has 0 bridgehead atoms. The Balaban J connectivity index is 1.57. The maximum absolute atomic E-state index is 13.5. The monoisotopic (exact) mass is 425 g/mol. The Bertz CT molecular complexity index is 1400. The first-order valence-electron chi connectivity index (χ1n) is 10.2. The number of benzene rings is 3. The normalized spacial score (nSPS) is 15.3. The molecule has 7 nitrogen and oxygen atoms in total. The maximum Gasteiger partial charge on any atom is 0.335 e. The van der Waals surface area contributed by atoms with Gasteiger partial charge in [0, 0.05) is 17.5 Å². The number of aryl methyl sites for hydroxylation is 1. The van der Waals surface area contributed by atoms with Crippen LogP contribution in [0.1, 0.15) is 44.3 Å². The lowest BCUT2D eigenvalue weighted by Gasteiger charge is -2.23. The van der Waals surface area contributed by atoms with Crippen LogP contribution < -0.4 is 5.32 Å². The SMILES string of the molecule is Cc1nn(-c2ccc(C(=O)O)cc2)c2c1C(C(=O)c1ccc3ccccc3c1)CC(=O)N2. The van der Waals surface area contributed by atoms with E-state index in [0.717, 1.165) is 10.8 Å². The van der Waals surface area contributed by atoms with Crippen LogP contribution in [0.2, 0.25) is 0 Å². The van der Waals surface area contributed by atoms with Crippen LogP contribution in [0, 0.1) is 6.92 Å². The van der Waals surface area contributed by atoms with E-state index in [1.165, 1.54) is 12.1 Å². The summed E-state index contributed by atoms with van der Waals surface area (Å²) in [6.45, 7) is 1.80. The van der Waals surface area contributed by atoms with Crippen LogP contribution >= 0.6 is 0 Å². The predicted molar refractivity (Wildman–Crippen MR) is 120 cm³/mol. The van der Waals surface area contributed by atoms with Crippen molar-refractivity contribution in [3.05, 3.63) is 89.1 Å². The third-order valence-corrected chi connectivity index (χ3v) is 5.81. The zero-order valence-electron chi connectivity index (χ0n) is 17.2. The summed E-state index contributed by atoms with van der Waals surface area (Å²) in [6, 6.07) is 19.6. The van der Waals surface area contributed by atoms with Crippen LogP contribution in [0.3, 0.4) is 0 Å². The van der Waals surface area contributed by atoms with Gasteiger partial charge in [-0.1, -0.05) is 36.4 Å². The van der Waals surface area contributed by atoms with Gasteiger partial charge in [-0.05, 0) is 48.0 Å². The molecule has 1 atom stereocenters. The summed E-state index contributed by atoms with van der Waals surface area (Å²) >= 11 is 0. The van der Waals surface area contributed by atoms with Crippen molar-refractivity contribution in [2.75, 3.05) is 5.32 Å². The first kappa shape index (κ1) is 19.7. The summed E-state index contributed by atoms with van der Waals surface area (Å²) in [5.74, 6) is -1.62. The lowest BCUT2D eigenvalue weighted by atomic mass is 9.85. The molecule has 0 fully saturated rings. The minimum atomic E-state index is -1.02. The molecule has 3 aromatic carbocycles. The highest BCUT2D eigenvalue weighted by Crippen LogP contribution is 2.38. The second-order valence-electron chi connectivity index (χ2n) is 7.84. The highest BCUT2D eigenvalue weighted by molar-refractivity contribution is 6.09. The second-order valence-corrected chi connectivity index (χ2v) is 7.84. The van der Waals surface area contributed by atoms with Crippen molar-refractivity contribution in [2.24, 2.45) is 0 Å². The lowest BCUT2D eigenvalue weighted by molar-refractivity contribution is -0.116. The number of hydrogen-bond donors (Lipinski definition) is 2. The van der Waals surface area contributed by atoms with Crippen molar-refractivity contribution in [1.82, 2.24) is 9.78 Å². The lowest BCUT2D eigenvalue weighted by Crippen LogP contribution is -2.28. The Morgan fingerprint density at radius 3 is 2.41 bits per heavy atom. The molecule has 4 aromatic rings. The number of amides is 1. The van der Waals surface area contributed by atoms with E-state index in [4.69, 9.17) is 5.11 Å². The maximum atomic E-state index is 13.5. The van der Waals surface area contributed by atoms with E-state index >= 15 is 0 Å². The van der Waals surface area contributed by atoms with E-state index in [9.17, 15) is 14.4 Å². The van der Waals surface area contributed by atoms with E-state index < -0.39 is 11.9 Å². The number of hydrogen-bond acceptors (Lipinski definition) is 4. The average Bonchev–Trinajstić information content (AvgIpc) is 3.13. The van der Waals surface area contributed by atoms with Gasteiger partial charge in [0.05, 0.1) is 22.9 Å². The van der Waals surface area contributed by atoms with E-state index in [1.54, 1.807) is 29.8 Å². The molecule has 2 heterocycles. The highest BCUT2D eigenvalue weighted by atomic mass is 16.4. The molecule has 0 saturated heterocycles. The molecule has 1 aliphatic rings. The molecule has 1 unspecified atom stereocenters.